The van der Waals surface area contributed by atoms with Gasteiger partial charge in [0, 0.05) is 63.7 Å². The van der Waals surface area contributed by atoms with Gasteiger partial charge in [0.15, 0.2) is 5.16 Å². The predicted octanol–water partition coefficient (Wildman–Crippen LogP) is 3.51. The lowest BCUT2D eigenvalue weighted by atomic mass is 10.2. The minimum Gasteiger partial charge on any atom is -0.385 e. The Labute approximate surface area is 226 Å². The maximum atomic E-state index is 13.3. The number of piperazine rings is 1. The Balaban J connectivity index is 1.35. The van der Waals surface area contributed by atoms with Gasteiger partial charge in [-0.15, -0.1) is 0 Å². The zero-order valence-corrected chi connectivity index (χ0v) is 22.8. The minimum absolute atomic E-state index is 0.0561. The number of nitrogens with zero attached hydrogens (tertiary/aromatic N) is 4. The highest BCUT2D eigenvalue weighted by atomic mass is 35.5. The number of ether oxygens (including phenoxy) is 1. The van der Waals surface area contributed by atoms with Crippen LogP contribution < -0.4 is 15.8 Å². The zero-order chi connectivity index (χ0) is 26.0. The summed E-state index contributed by atoms with van der Waals surface area (Å²) >= 11 is 7.47. The topological polar surface area (TPSA) is 79.7 Å². The van der Waals surface area contributed by atoms with Gasteiger partial charge in [-0.25, -0.2) is 4.98 Å². The molecule has 4 rings (SSSR count). The van der Waals surface area contributed by atoms with E-state index in [1.54, 1.807) is 11.7 Å². The fourth-order valence-corrected chi connectivity index (χ4v) is 5.48. The van der Waals surface area contributed by atoms with Crippen molar-refractivity contribution < 1.29 is 9.53 Å². The summed E-state index contributed by atoms with van der Waals surface area (Å²) in [5.74, 6) is 0.135. The average molecular weight is 544 g/mol. The van der Waals surface area contributed by atoms with Crippen molar-refractivity contribution in [2.75, 3.05) is 63.6 Å². The minimum atomic E-state index is -0.0763. The standard InChI is InChI=1S/C27H34ClN5O3S/c1-36-18-5-11-29-25(34)20-37-27-30-24-10-3-2-9-23(24)26(35)33(27)13-6-12-31-14-16-32(17-15-31)22-8-4-7-21(28)19-22/h2-4,7-10,19H,5-6,11-18,20H2,1H3,(H,29,34). The third-order valence-electron chi connectivity index (χ3n) is 6.41. The van der Waals surface area contributed by atoms with E-state index in [9.17, 15) is 9.59 Å². The molecular weight excluding hydrogens is 510 g/mol. The number of benzene rings is 2. The molecule has 10 heteroatoms. The van der Waals surface area contributed by atoms with Crippen LogP contribution in [-0.2, 0) is 16.1 Å². The van der Waals surface area contributed by atoms with Crippen LogP contribution in [0.1, 0.15) is 12.8 Å². The second-order valence-corrected chi connectivity index (χ2v) is 10.4. The first-order chi connectivity index (χ1) is 18.0. The number of rotatable bonds is 12. The van der Waals surface area contributed by atoms with E-state index >= 15 is 0 Å². The number of methoxy groups -OCH3 is 1. The van der Waals surface area contributed by atoms with Gasteiger partial charge in [0.25, 0.3) is 5.56 Å². The molecule has 1 aromatic heterocycles. The van der Waals surface area contributed by atoms with E-state index < -0.39 is 0 Å². The van der Waals surface area contributed by atoms with Gasteiger partial charge in [-0.05, 0) is 49.7 Å². The summed E-state index contributed by atoms with van der Waals surface area (Å²) in [6.07, 6.45) is 1.59. The lowest BCUT2D eigenvalue weighted by molar-refractivity contribution is -0.118. The third-order valence-corrected chi connectivity index (χ3v) is 7.62. The van der Waals surface area contributed by atoms with Gasteiger partial charge < -0.3 is 15.0 Å². The van der Waals surface area contributed by atoms with Gasteiger partial charge >= 0.3 is 0 Å². The Bertz CT molecular complexity index is 1250. The SMILES string of the molecule is COCCCNC(=O)CSc1nc2ccccc2c(=O)n1CCCN1CCN(c2cccc(Cl)c2)CC1. The van der Waals surface area contributed by atoms with Crippen molar-refractivity contribution in [2.45, 2.75) is 24.5 Å². The summed E-state index contributed by atoms with van der Waals surface area (Å²) < 4.78 is 6.75. The van der Waals surface area contributed by atoms with Gasteiger partial charge in [-0.3, -0.25) is 19.1 Å². The number of hydrogen-bond acceptors (Lipinski definition) is 7. The van der Waals surface area contributed by atoms with Crippen molar-refractivity contribution in [3.63, 3.8) is 0 Å². The number of thioether (sulfide) groups is 1. The first-order valence-electron chi connectivity index (χ1n) is 12.7. The number of para-hydroxylation sites is 1. The number of nitrogens with one attached hydrogen (secondary N) is 1. The molecule has 1 aliphatic rings. The molecule has 8 nitrogen and oxygen atoms in total. The Hall–Kier alpha value is -2.59. The van der Waals surface area contributed by atoms with Crippen molar-refractivity contribution >= 4 is 45.9 Å². The second kappa shape index (κ2) is 13.8. The van der Waals surface area contributed by atoms with E-state index in [-0.39, 0.29) is 17.2 Å². The number of anilines is 1. The molecule has 198 valence electrons. The van der Waals surface area contributed by atoms with Gasteiger partial charge in [-0.2, -0.15) is 0 Å². The number of amides is 1. The van der Waals surface area contributed by atoms with Crippen LogP contribution >= 0.6 is 23.4 Å². The van der Waals surface area contributed by atoms with E-state index in [0.717, 1.165) is 56.3 Å². The van der Waals surface area contributed by atoms with E-state index in [2.05, 4.69) is 21.2 Å². The van der Waals surface area contributed by atoms with E-state index in [4.69, 9.17) is 21.3 Å². The monoisotopic (exact) mass is 543 g/mol. The Morgan fingerprint density at radius 3 is 2.68 bits per heavy atom. The predicted molar refractivity (Wildman–Crippen MR) is 151 cm³/mol. The Kier molecular flexibility index (Phi) is 10.2. The lowest BCUT2D eigenvalue weighted by Crippen LogP contribution is -2.46. The summed E-state index contributed by atoms with van der Waals surface area (Å²) in [7, 11) is 1.64. The maximum absolute atomic E-state index is 13.3. The molecule has 0 unspecified atom stereocenters. The van der Waals surface area contributed by atoms with Crippen molar-refractivity contribution in [2.24, 2.45) is 0 Å². The van der Waals surface area contributed by atoms with Gasteiger partial charge in [0.2, 0.25) is 5.91 Å². The van der Waals surface area contributed by atoms with Crippen molar-refractivity contribution in [3.05, 3.63) is 63.9 Å². The molecule has 1 aliphatic heterocycles. The number of aromatic nitrogens is 2. The smallest absolute Gasteiger partial charge is 0.262 e. The molecule has 0 radical (unpaired) electrons. The summed E-state index contributed by atoms with van der Waals surface area (Å²) in [5.41, 5.74) is 1.76. The fourth-order valence-electron chi connectivity index (χ4n) is 4.44. The normalized spacial score (nSPS) is 14.3. The molecule has 3 aromatic rings. The molecule has 0 spiro atoms. The summed E-state index contributed by atoms with van der Waals surface area (Å²) in [5, 5.41) is 4.83. The molecule has 0 aliphatic carbocycles. The van der Waals surface area contributed by atoms with Crippen molar-refractivity contribution in [1.82, 2.24) is 19.8 Å². The lowest BCUT2D eigenvalue weighted by Gasteiger charge is -2.36. The number of hydrogen-bond donors (Lipinski definition) is 1. The fraction of sp³-hybridized carbons (Fsp3) is 0.444. The van der Waals surface area contributed by atoms with Crippen LogP contribution in [0.15, 0.2) is 58.5 Å². The quantitative estimate of drug-likeness (QED) is 0.213. The van der Waals surface area contributed by atoms with E-state index in [1.807, 2.05) is 42.5 Å². The number of carbonyl (C=O) groups is 1. The summed E-state index contributed by atoms with van der Waals surface area (Å²) in [4.78, 5) is 35.1. The van der Waals surface area contributed by atoms with E-state index in [1.165, 1.54) is 11.8 Å². The van der Waals surface area contributed by atoms with Gasteiger partial charge in [-0.1, -0.05) is 41.6 Å². The number of halogens is 1. The molecule has 2 aromatic carbocycles. The molecular formula is C27H34ClN5O3S. The molecule has 1 fully saturated rings. The molecule has 0 saturated carbocycles. The van der Waals surface area contributed by atoms with Crippen molar-refractivity contribution in [3.8, 4) is 0 Å². The maximum Gasteiger partial charge on any atom is 0.262 e. The molecule has 2 heterocycles. The van der Waals surface area contributed by atoms with Gasteiger partial charge in [0.05, 0.1) is 16.7 Å². The first-order valence-corrected chi connectivity index (χ1v) is 14.0. The zero-order valence-electron chi connectivity index (χ0n) is 21.2. The van der Waals surface area contributed by atoms with Crippen LogP contribution in [-0.4, -0.2) is 79.1 Å². The highest BCUT2D eigenvalue weighted by Gasteiger charge is 2.18. The molecule has 0 atom stereocenters. The van der Waals surface area contributed by atoms with Crippen LogP contribution in [0, 0.1) is 0 Å². The van der Waals surface area contributed by atoms with Crippen LogP contribution in [0.25, 0.3) is 10.9 Å². The molecule has 1 saturated heterocycles. The first kappa shape index (κ1) is 27.4. The third kappa shape index (κ3) is 7.70. The second-order valence-electron chi connectivity index (χ2n) is 9.02. The van der Waals surface area contributed by atoms with E-state index in [0.29, 0.717) is 35.8 Å². The average Bonchev–Trinajstić information content (AvgIpc) is 2.92. The highest BCUT2D eigenvalue weighted by molar-refractivity contribution is 7.99. The molecule has 0 bridgehead atoms. The van der Waals surface area contributed by atoms with Crippen LogP contribution in [0.4, 0.5) is 5.69 Å². The summed E-state index contributed by atoms with van der Waals surface area (Å²) in [6, 6.07) is 15.4. The highest BCUT2D eigenvalue weighted by Crippen LogP contribution is 2.21. The number of carbonyl (C=O) groups excluding carboxylic acids is 1. The van der Waals surface area contributed by atoms with Crippen LogP contribution in [0.5, 0.6) is 0 Å². The summed E-state index contributed by atoms with van der Waals surface area (Å²) in [6.45, 7) is 6.43. The molecule has 1 amide bonds. The molecule has 37 heavy (non-hydrogen) atoms. The Morgan fingerprint density at radius 2 is 1.89 bits per heavy atom. The van der Waals surface area contributed by atoms with Crippen LogP contribution in [0.3, 0.4) is 0 Å². The van der Waals surface area contributed by atoms with Gasteiger partial charge in [0.1, 0.15) is 0 Å². The van der Waals surface area contributed by atoms with Crippen LogP contribution in [0.2, 0.25) is 5.02 Å². The van der Waals surface area contributed by atoms with Crippen molar-refractivity contribution in [1.29, 1.82) is 0 Å². The largest absolute Gasteiger partial charge is 0.385 e. The number of fused-ring (bicyclic) bond motifs is 1. The Morgan fingerprint density at radius 1 is 1.08 bits per heavy atom. The molecule has 1 N–H and O–H groups in total.